The first-order valence-corrected chi connectivity index (χ1v) is 14.0. The average molecular weight is 515 g/mol. The van der Waals surface area contributed by atoms with Gasteiger partial charge in [-0.05, 0) is 92.3 Å². The van der Waals surface area contributed by atoms with Crippen molar-refractivity contribution < 1.29 is 9.53 Å². The molecular formula is C30H34N4O2S. The largest absolute Gasteiger partial charge is 0.493 e. The Hall–Kier alpha value is -3.32. The molecule has 3 heterocycles. The van der Waals surface area contributed by atoms with Crippen LogP contribution in [0.1, 0.15) is 50.7 Å². The summed E-state index contributed by atoms with van der Waals surface area (Å²) in [7, 11) is 0. The first-order valence-electron chi connectivity index (χ1n) is 13.1. The summed E-state index contributed by atoms with van der Waals surface area (Å²) in [6.45, 7) is 9.10. The van der Waals surface area contributed by atoms with Crippen LogP contribution in [0.5, 0.6) is 5.75 Å². The number of aromatic nitrogens is 2. The molecule has 192 valence electrons. The molecule has 0 unspecified atom stereocenters. The predicted molar refractivity (Wildman–Crippen MR) is 152 cm³/mol. The summed E-state index contributed by atoms with van der Waals surface area (Å²) < 4.78 is 7.90. The molecule has 37 heavy (non-hydrogen) atoms. The maximum atomic E-state index is 12.9. The fraction of sp³-hybridized carbons (Fsp3) is 0.367. The van der Waals surface area contributed by atoms with E-state index >= 15 is 0 Å². The zero-order chi connectivity index (χ0) is 25.8. The van der Waals surface area contributed by atoms with Crippen molar-refractivity contribution in [2.75, 3.05) is 19.7 Å². The van der Waals surface area contributed by atoms with Crippen molar-refractivity contribution in [3.05, 3.63) is 70.8 Å². The van der Waals surface area contributed by atoms with Crippen molar-refractivity contribution in [2.24, 2.45) is 10.9 Å². The van der Waals surface area contributed by atoms with E-state index in [1.807, 2.05) is 53.4 Å². The van der Waals surface area contributed by atoms with Gasteiger partial charge >= 0.3 is 0 Å². The number of amides is 1. The molecule has 1 saturated heterocycles. The van der Waals surface area contributed by atoms with Gasteiger partial charge in [0.15, 0.2) is 5.17 Å². The van der Waals surface area contributed by atoms with Crippen molar-refractivity contribution in [3.63, 3.8) is 0 Å². The average Bonchev–Trinajstić information content (AvgIpc) is 3.50. The number of aliphatic imine (C=N–C) groups is 1. The molecule has 6 nitrogen and oxygen atoms in total. The van der Waals surface area contributed by atoms with E-state index < -0.39 is 0 Å². The number of rotatable bonds is 7. The van der Waals surface area contributed by atoms with Crippen LogP contribution in [0.15, 0.2) is 64.6 Å². The molecule has 0 spiro atoms. The topological polar surface area (TPSA) is 59.7 Å². The highest BCUT2D eigenvalue weighted by molar-refractivity contribution is 8.18. The molecule has 0 aliphatic carbocycles. The number of carbonyl (C=O) groups is 1. The van der Waals surface area contributed by atoms with Gasteiger partial charge in [-0.3, -0.25) is 4.79 Å². The number of likely N-dealkylation sites (tertiary alicyclic amines) is 1. The second kappa shape index (κ2) is 11.4. The van der Waals surface area contributed by atoms with Gasteiger partial charge in [0.1, 0.15) is 11.4 Å². The van der Waals surface area contributed by atoms with Crippen LogP contribution in [0, 0.1) is 12.8 Å². The van der Waals surface area contributed by atoms with E-state index in [2.05, 4.69) is 42.8 Å². The number of aryl methyl sites for hydroxylation is 1. The fourth-order valence-corrected chi connectivity index (χ4v) is 5.51. The SMILES string of the molecule is Cc1cc(-c2nn(-c3ccccc3)cc2/C=C2\SC(N3CCCCC3)=NC2=O)ccc1OCCC(C)C. The van der Waals surface area contributed by atoms with Gasteiger partial charge in [-0.15, -0.1) is 0 Å². The highest BCUT2D eigenvalue weighted by atomic mass is 32.2. The minimum atomic E-state index is -0.172. The van der Waals surface area contributed by atoms with Crippen LogP contribution in [0.2, 0.25) is 0 Å². The van der Waals surface area contributed by atoms with E-state index in [1.54, 1.807) is 0 Å². The number of benzene rings is 2. The third-order valence-electron chi connectivity index (χ3n) is 6.69. The lowest BCUT2D eigenvalue weighted by atomic mass is 10.0. The van der Waals surface area contributed by atoms with E-state index in [-0.39, 0.29) is 5.91 Å². The van der Waals surface area contributed by atoms with E-state index in [0.717, 1.165) is 71.3 Å². The van der Waals surface area contributed by atoms with E-state index in [1.165, 1.54) is 18.2 Å². The lowest BCUT2D eigenvalue weighted by Crippen LogP contribution is -2.33. The van der Waals surface area contributed by atoms with Crippen LogP contribution in [0.3, 0.4) is 0 Å². The number of hydrogen-bond acceptors (Lipinski definition) is 5. The predicted octanol–water partition coefficient (Wildman–Crippen LogP) is 6.73. The van der Waals surface area contributed by atoms with Gasteiger partial charge in [0.05, 0.1) is 17.2 Å². The standard InChI is InChI=1S/C30H34N4O2S/c1-21(2)14-17-36-26-13-12-23(18-22(26)3)28-24(20-34(32-28)25-10-6-4-7-11-25)19-27-29(35)31-30(37-27)33-15-8-5-9-16-33/h4,6-7,10-13,18-21H,5,8-9,14-17H2,1-3H3/b27-19-. The van der Waals surface area contributed by atoms with Crippen LogP contribution in [-0.4, -0.2) is 45.5 Å². The summed E-state index contributed by atoms with van der Waals surface area (Å²) in [6, 6.07) is 16.2. The van der Waals surface area contributed by atoms with Crippen molar-refractivity contribution in [1.82, 2.24) is 14.7 Å². The molecular weight excluding hydrogens is 480 g/mol. The molecule has 2 aliphatic rings. The third kappa shape index (κ3) is 5.99. The zero-order valence-electron chi connectivity index (χ0n) is 21.8. The summed E-state index contributed by atoms with van der Waals surface area (Å²) in [6.07, 6.45) is 8.50. The molecule has 0 radical (unpaired) electrons. The maximum absolute atomic E-state index is 12.9. The number of ether oxygens (including phenoxy) is 1. The van der Waals surface area contributed by atoms with Crippen LogP contribution in [0.25, 0.3) is 23.0 Å². The quantitative estimate of drug-likeness (QED) is 0.327. The van der Waals surface area contributed by atoms with E-state index in [0.29, 0.717) is 17.4 Å². The third-order valence-corrected chi connectivity index (χ3v) is 7.73. The molecule has 5 rings (SSSR count). The summed E-state index contributed by atoms with van der Waals surface area (Å²) in [5.74, 6) is 1.33. The monoisotopic (exact) mass is 514 g/mol. The molecule has 2 aromatic carbocycles. The molecule has 3 aromatic rings. The summed E-state index contributed by atoms with van der Waals surface area (Å²) in [4.78, 5) is 20.1. The van der Waals surface area contributed by atoms with Crippen LogP contribution < -0.4 is 4.74 Å². The summed E-state index contributed by atoms with van der Waals surface area (Å²) >= 11 is 1.48. The Labute approximate surface area is 223 Å². The number of para-hydroxylation sites is 1. The number of piperidine rings is 1. The number of thioether (sulfide) groups is 1. The Morgan fingerprint density at radius 1 is 1.08 bits per heavy atom. The molecule has 1 fully saturated rings. The molecule has 2 aliphatic heterocycles. The first-order chi connectivity index (χ1) is 18.0. The van der Waals surface area contributed by atoms with Crippen molar-refractivity contribution in [3.8, 4) is 22.7 Å². The molecule has 0 bridgehead atoms. The number of carbonyl (C=O) groups excluding carboxylic acids is 1. The second-order valence-electron chi connectivity index (χ2n) is 10.1. The lowest BCUT2D eigenvalue weighted by molar-refractivity contribution is -0.113. The zero-order valence-corrected chi connectivity index (χ0v) is 22.6. The normalized spacial score (nSPS) is 17.1. The molecule has 1 amide bonds. The number of nitrogens with zero attached hydrogens (tertiary/aromatic N) is 4. The Morgan fingerprint density at radius 2 is 1.86 bits per heavy atom. The highest BCUT2D eigenvalue weighted by Gasteiger charge is 2.27. The Balaban J connectivity index is 1.46. The van der Waals surface area contributed by atoms with Gasteiger partial charge < -0.3 is 9.64 Å². The van der Waals surface area contributed by atoms with Gasteiger partial charge in [0.25, 0.3) is 5.91 Å². The molecule has 0 saturated carbocycles. The van der Waals surface area contributed by atoms with Gasteiger partial charge in [0, 0.05) is 30.4 Å². The fourth-order valence-electron chi connectivity index (χ4n) is 4.55. The van der Waals surface area contributed by atoms with Gasteiger partial charge in [-0.2, -0.15) is 10.1 Å². The number of amidine groups is 1. The summed E-state index contributed by atoms with van der Waals surface area (Å²) in [5.41, 5.74) is 4.74. The van der Waals surface area contributed by atoms with Crippen molar-refractivity contribution in [2.45, 2.75) is 46.5 Å². The van der Waals surface area contributed by atoms with Gasteiger partial charge in [0.2, 0.25) is 0 Å². The van der Waals surface area contributed by atoms with Crippen LogP contribution in [-0.2, 0) is 4.79 Å². The molecule has 0 N–H and O–H groups in total. The minimum absolute atomic E-state index is 0.172. The summed E-state index contributed by atoms with van der Waals surface area (Å²) in [5, 5.41) is 5.77. The van der Waals surface area contributed by atoms with E-state index in [4.69, 9.17) is 9.84 Å². The highest BCUT2D eigenvalue weighted by Crippen LogP contribution is 2.35. The van der Waals surface area contributed by atoms with E-state index in [9.17, 15) is 4.79 Å². The smallest absolute Gasteiger partial charge is 0.286 e. The number of hydrogen-bond donors (Lipinski definition) is 0. The maximum Gasteiger partial charge on any atom is 0.286 e. The Morgan fingerprint density at radius 3 is 2.59 bits per heavy atom. The van der Waals surface area contributed by atoms with Gasteiger partial charge in [-0.1, -0.05) is 32.0 Å². The lowest BCUT2D eigenvalue weighted by Gasteiger charge is -2.27. The van der Waals surface area contributed by atoms with Gasteiger partial charge in [-0.25, -0.2) is 4.68 Å². The first kappa shape index (κ1) is 25.3. The Bertz CT molecular complexity index is 1320. The molecule has 7 heteroatoms. The van der Waals surface area contributed by atoms with Crippen LogP contribution in [0.4, 0.5) is 0 Å². The van der Waals surface area contributed by atoms with Crippen LogP contribution >= 0.6 is 11.8 Å². The minimum Gasteiger partial charge on any atom is -0.493 e. The Kier molecular flexibility index (Phi) is 7.79. The molecule has 1 aromatic heterocycles. The van der Waals surface area contributed by atoms with Crippen molar-refractivity contribution in [1.29, 1.82) is 0 Å². The van der Waals surface area contributed by atoms with Crippen molar-refractivity contribution >= 4 is 28.9 Å². The second-order valence-corrected chi connectivity index (χ2v) is 11.1. The molecule has 0 atom stereocenters.